The maximum Gasteiger partial charge on any atom is 0.416 e. The minimum absolute atomic E-state index is 0.00786. The average Bonchev–Trinajstić information content (AvgIpc) is 2.59. The largest absolute Gasteiger partial charge is 0.416 e. The van der Waals surface area contributed by atoms with Crippen LogP contribution >= 0.6 is 0 Å². The summed E-state index contributed by atoms with van der Waals surface area (Å²) >= 11 is 0. The lowest BCUT2D eigenvalue weighted by Gasteiger charge is -2.13. The molecular weight excluding hydrogens is 333 g/mol. The molecule has 132 valence electrons. The third kappa shape index (κ3) is 5.34. The number of benzene rings is 2. The zero-order valence-electron chi connectivity index (χ0n) is 13.4. The normalized spacial score (nSPS) is 12.3. The lowest BCUT2D eigenvalue weighted by molar-refractivity contribution is -0.137. The van der Waals surface area contributed by atoms with Gasteiger partial charge in [0.15, 0.2) is 0 Å². The molecule has 4 nitrogen and oxygen atoms in total. The van der Waals surface area contributed by atoms with Crippen LogP contribution in [0.15, 0.2) is 54.6 Å². The summed E-state index contributed by atoms with van der Waals surface area (Å²) in [7, 11) is 0. The Morgan fingerprint density at radius 2 is 1.68 bits per heavy atom. The van der Waals surface area contributed by atoms with Crippen molar-refractivity contribution in [1.82, 2.24) is 5.32 Å². The molecule has 2 N–H and O–H groups in total. The Balaban J connectivity index is 1.91. The fourth-order valence-electron chi connectivity index (χ4n) is 2.19. The predicted octanol–water partition coefficient (Wildman–Crippen LogP) is 3.56. The molecule has 0 saturated heterocycles. The third-order valence-corrected chi connectivity index (χ3v) is 3.59. The third-order valence-electron chi connectivity index (χ3n) is 3.59. The van der Waals surface area contributed by atoms with E-state index < -0.39 is 23.6 Å². The van der Waals surface area contributed by atoms with E-state index in [1.807, 2.05) is 37.3 Å². The van der Waals surface area contributed by atoms with Gasteiger partial charge in [-0.1, -0.05) is 43.3 Å². The number of amides is 2. The van der Waals surface area contributed by atoms with Crippen LogP contribution in [0, 0.1) is 0 Å². The van der Waals surface area contributed by atoms with Gasteiger partial charge in [-0.25, -0.2) is 0 Å². The van der Waals surface area contributed by atoms with E-state index in [0.717, 1.165) is 23.8 Å². The second-order valence-corrected chi connectivity index (χ2v) is 5.55. The first kappa shape index (κ1) is 18.5. The van der Waals surface area contributed by atoms with E-state index in [2.05, 4.69) is 10.6 Å². The zero-order chi connectivity index (χ0) is 18.4. The highest BCUT2D eigenvalue weighted by molar-refractivity contribution is 6.39. The molecule has 0 aliphatic heterocycles. The van der Waals surface area contributed by atoms with Gasteiger partial charge in [-0.2, -0.15) is 13.2 Å². The summed E-state index contributed by atoms with van der Waals surface area (Å²) in [5.74, 6) is -1.92. The van der Waals surface area contributed by atoms with Gasteiger partial charge in [-0.15, -0.1) is 0 Å². The fourth-order valence-corrected chi connectivity index (χ4v) is 2.19. The van der Waals surface area contributed by atoms with Crippen LogP contribution in [0.1, 0.15) is 24.0 Å². The van der Waals surface area contributed by atoms with Crippen molar-refractivity contribution in [1.29, 1.82) is 0 Å². The molecular formula is C18H17F3N2O2. The smallest absolute Gasteiger partial charge is 0.347 e. The van der Waals surface area contributed by atoms with Crippen molar-refractivity contribution < 1.29 is 22.8 Å². The molecule has 0 saturated carbocycles. The monoisotopic (exact) mass is 350 g/mol. The summed E-state index contributed by atoms with van der Waals surface area (Å²) in [4.78, 5) is 23.6. The molecule has 0 bridgehead atoms. The van der Waals surface area contributed by atoms with Crippen molar-refractivity contribution in [3.63, 3.8) is 0 Å². The molecule has 7 heteroatoms. The van der Waals surface area contributed by atoms with E-state index in [1.54, 1.807) is 0 Å². The van der Waals surface area contributed by atoms with Crippen LogP contribution in [0.4, 0.5) is 18.9 Å². The average molecular weight is 350 g/mol. The number of halogens is 3. The van der Waals surface area contributed by atoms with E-state index in [-0.39, 0.29) is 18.2 Å². The van der Waals surface area contributed by atoms with Gasteiger partial charge in [0.25, 0.3) is 0 Å². The van der Waals surface area contributed by atoms with E-state index in [1.165, 1.54) is 6.07 Å². The Hall–Kier alpha value is -2.83. The molecule has 0 aliphatic rings. The molecule has 25 heavy (non-hydrogen) atoms. The first-order chi connectivity index (χ1) is 11.8. The molecule has 2 amide bonds. The van der Waals surface area contributed by atoms with Gasteiger partial charge < -0.3 is 10.6 Å². The van der Waals surface area contributed by atoms with Crippen molar-refractivity contribution in [2.45, 2.75) is 19.0 Å². The number of alkyl halides is 3. The number of rotatable bonds is 4. The van der Waals surface area contributed by atoms with Gasteiger partial charge in [-0.3, -0.25) is 9.59 Å². The number of hydrogen-bond acceptors (Lipinski definition) is 2. The fraction of sp³-hybridized carbons (Fsp3) is 0.222. The highest BCUT2D eigenvalue weighted by Gasteiger charge is 2.30. The molecule has 2 aromatic rings. The molecule has 2 aromatic carbocycles. The molecule has 0 heterocycles. The van der Waals surface area contributed by atoms with Crippen LogP contribution in [0.25, 0.3) is 0 Å². The first-order valence-electron chi connectivity index (χ1n) is 7.59. The zero-order valence-corrected chi connectivity index (χ0v) is 13.4. The summed E-state index contributed by atoms with van der Waals surface area (Å²) in [6, 6.07) is 13.5. The van der Waals surface area contributed by atoms with E-state index in [9.17, 15) is 22.8 Å². The second kappa shape index (κ2) is 7.83. The number of hydrogen-bond donors (Lipinski definition) is 2. The summed E-state index contributed by atoms with van der Waals surface area (Å²) < 4.78 is 37.9. The van der Waals surface area contributed by atoms with Gasteiger partial charge in [0, 0.05) is 12.2 Å². The number of nitrogens with one attached hydrogen (secondary N) is 2. The summed E-state index contributed by atoms with van der Waals surface area (Å²) in [5, 5.41) is 4.64. The number of carbonyl (C=O) groups is 2. The van der Waals surface area contributed by atoms with Crippen molar-refractivity contribution in [3.8, 4) is 0 Å². The van der Waals surface area contributed by atoms with Gasteiger partial charge in [0.1, 0.15) is 0 Å². The summed E-state index contributed by atoms with van der Waals surface area (Å²) in [6.07, 6.45) is -4.52. The van der Waals surface area contributed by atoms with Crippen molar-refractivity contribution in [3.05, 3.63) is 65.7 Å². The molecule has 1 atom stereocenters. The number of anilines is 1. The van der Waals surface area contributed by atoms with Crippen molar-refractivity contribution in [2.24, 2.45) is 0 Å². The minimum atomic E-state index is -4.52. The predicted molar refractivity (Wildman–Crippen MR) is 87.9 cm³/mol. The maximum absolute atomic E-state index is 12.6. The molecule has 0 aromatic heterocycles. The molecule has 0 unspecified atom stereocenters. The topological polar surface area (TPSA) is 58.2 Å². The van der Waals surface area contributed by atoms with Gasteiger partial charge in [0.2, 0.25) is 0 Å². The highest BCUT2D eigenvalue weighted by Crippen LogP contribution is 2.30. The Bertz CT molecular complexity index is 745. The minimum Gasteiger partial charge on any atom is -0.347 e. The van der Waals surface area contributed by atoms with Gasteiger partial charge in [-0.05, 0) is 29.7 Å². The van der Waals surface area contributed by atoms with Crippen molar-refractivity contribution in [2.75, 3.05) is 11.9 Å². The molecule has 0 fully saturated rings. The van der Waals surface area contributed by atoms with E-state index in [0.29, 0.717) is 0 Å². The quantitative estimate of drug-likeness (QED) is 0.829. The number of carbonyl (C=O) groups excluding carboxylic acids is 2. The molecule has 0 aliphatic carbocycles. The molecule has 0 spiro atoms. The second-order valence-electron chi connectivity index (χ2n) is 5.55. The first-order valence-corrected chi connectivity index (χ1v) is 7.59. The standard InChI is InChI=1S/C18H17F3N2O2/c1-12(13-6-3-2-4-7-13)11-22-16(24)17(25)23-15-9-5-8-14(10-15)18(19,20)21/h2-10,12H,11H2,1H3,(H,22,24)(H,23,25)/t12-/m1/s1. The van der Waals surface area contributed by atoms with Crippen LogP contribution in [0.3, 0.4) is 0 Å². The SMILES string of the molecule is C[C@H](CNC(=O)C(=O)Nc1cccc(C(F)(F)F)c1)c1ccccc1. The Kier molecular flexibility index (Phi) is 5.80. The van der Waals surface area contributed by atoms with Crippen LogP contribution in [-0.2, 0) is 15.8 Å². The van der Waals surface area contributed by atoms with E-state index >= 15 is 0 Å². The van der Waals surface area contributed by atoms with Crippen LogP contribution in [0.2, 0.25) is 0 Å². The van der Waals surface area contributed by atoms with Crippen LogP contribution < -0.4 is 10.6 Å². The lowest BCUT2D eigenvalue weighted by Crippen LogP contribution is -2.37. The molecule has 0 radical (unpaired) electrons. The lowest BCUT2D eigenvalue weighted by atomic mass is 10.0. The van der Waals surface area contributed by atoms with Crippen molar-refractivity contribution >= 4 is 17.5 Å². The van der Waals surface area contributed by atoms with Gasteiger partial charge in [0.05, 0.1) is 5.56 Å². The van der Waals surface area contributed by atoms with E-state index in [4.69, 9.17) is 0 Å². The maximum atomic E-state index is 12.6. The van der Waals surface area contributed by atoms with Crippen LogP contribution in [0.5, 0.6) is 0 Å². The Morgan fingerprint density at radius 3 is 2.32 bits per heavy atom. The Labute approximate surface area is 143 Å². The van der Waals surface area contributed by atoms with Gasteiger partial charge >= 0.3 is 18.0 Å². The Morgan fingerprint density at radius 1 is 1.00 bits per heavy atom. The highest BCUT2D eigenvalue weighted by atomic mass is 19.4. The van der Waals surface area contributed by atoms with Crippen LogP contribution in [-0.4, -0.2) is 18.4 Å². The molecule has 2 rings (SSSR count). The summed E-state index contributed by atoms with van der Waals surface area (Å²) in [5.41, 5.74) is 0.00979. The summed E-state index contributed by atoms with van der Waals surface area (Å²) in [6.45, 7) is 2.12.